The van der Waals surface area contributed by atoms with Crippen LogP contribution in [0, 0.1) is 0 Å². The highest BCUT2D eigenvalue weighted by Gasteiger charge is 2.00. The molecule has 0 bridgehead atoms. The van der Waals surface area contributed by atoms with E-state index >= 15 is 0 Å². The van der Waals surface area contributed by atoms with E-state index in [1.54, 1.807) is 0 Å². The second kappa shape index (κ2) is 8.28. The zero-order chi connectivity index (χ0) is 11.6. The molecule has 0 amide bonds. The molecular formula is C14H24N2. The maximum Gasteiger partial charge on any atom is 0.0271 e. The van der Waals surface area contributed by atoms with Crippen molar-refractivity contribution in [2.24, 2.45) is 0 Å². The zero-order valence-electron chi connectivity index (χ0n) is 10.6. The van der Waals surface area contributed by atoms with Crippen LogP contribution in [0.3, 0.4) is 0 Å². The number of pyridine rings is 1. The van der Waals surface area contributed by atoms with Gasteiger partial charge in [-0.15, -0.1) is 0 Å². The molecule has 0 aliphatic carbocycles. The largest absolute Gasteiger partial charge is 0.310 e. The van der Waals surface area contributed by atoms with Gasteiger partial charge in [-0.2, -0.15) is 0 Å². The molecule has 1 heterocycles. The lowest BCUT2D eigenvalue weighted by atomic mass is 10.1. The van der Waals surface area contributed by atoms with Crippen molar-refractivity contribution < 1.29 is 0 Å². The Morgan fingerprint density at radius 3 is 2.62 bits per heavy atom. The van der Waals surface area contributed by atoms with Gasteiger partial charge in [0, 0.05) is 25.0 Å². The third kappa shape index (κ3) is 5.86. The van der Waals surface area contributed by atoms with Gasteiger partial charge in [0.15, 0.2) is 0 Å². The molecule has 1 rings (SSSR count). The average Bonchev–Trinajstić information content (AvgIpc) is 2.33. The first-order valence-electron chi connectivity index (χ1n) is 6.45. The fraction of sp³-hybridized carbons (Fsp3) is 0.643. The first-order valence-corrected chi connectivity index (χ1v) is 6.45. The minimum atomic E-state index is 0.616. The SMILES string of the molecule is CCCCCCC(C)NCc1ccncc1. The van der Waals surface area contributed by atoms with Crippen LogP contribution in [0.4, 0.5) is 0 Å². The maximum atomic E-state index is 4.01. The summed E-state index contributed by atoms with van der Waals surface area (Å²) in [6.45, 7) is 5.48. The highest BCUT2D eigenvalue weighted by atomic mass is 14.9. The number of unbranched alkanes of at least 4 members (excludes halogenated alkanes) is 3. The van der Waals surface area contributed by atoms with E-state index in [0.717, 1.165) is 6.54 Å². The van der Waals surface area contributed by atoms with Gasteiger partial charge in [-0.1, -0.05) is 32.6 Å². The summed E-state index contributed by atoms with van der Waals surface area (Å²) < 4.78 is 0. The summed E-state index contributed by atoms with van der Waals surface area (Å²) in [6, 6.07) is 4.75. The van der Waals surface area contributed by atoms with Crippen molar-refractivity contribution >= 4 is 0 Å². The molecule has 1 aromatic rings. The first kappa shape index (κ1) is 13.2. The van der Waals surface area contributed by atoms with Gasteiger partial charge in [-0.3, -0.25) is 4.98 Å². The summed E-state index contributed by atoms with van der Waals surface area (Å²) in [6.07, 6.45) is 10.4. The number of hydrogen-bond acceptors (Lipinski definition) is 2. The monoisotopic (exact) mass is 220 g/mol. The number of nitrogens with zero attached hydrogens (tertiary/aromatic N) is 1. The number of aromatic nitrogens is 1. The van der Waals surface area contributed by atoms with Crippen molar-refractivity contribution in [2.45, 2.75) is 58.5 Å². The van der Waals surface area contributed by atoms with Gasteiger partial charge in [-0.25, -0.2) is 0 Å². The van der Waals surface area contributed by atoms with Crippen LogP contribution in [0.25, 0.3) is 0 Å². The molecule has 0 saturated heterocycles. The van der Waals surface area contributed by atoms with Crippen LogP contribution in [-0.2, 0) is 6.54 Å². The van der Waals surface area contributed by atoms with Crippen molar-refractivity contribution in [3.05, 3.63) is 30.1 Å². The van der Waals surface area contributed by atoms with Gasteiger partial charge in [0.1, 0.15) is 0 Å². The molecule has 1 unspecified atom stereocenters. The Morgan fingerprint density at radius 2 is 1.94 bits per heavy atom. The molecule has 0 aliphatic heterocycles. The van der Waals surface area contributed by atoms with E-state index in [-0.39, 0.29) is 0 Å². The van der Waals surface area contributed by atoms with Crippen LogP contribution < -0.4 is 5.32 Å². The molecular weight excluding hydrogens is 196 g/mol. The Morgan fingerprint density at radius 1 is 1.19 bits per heavy atom. The predicted molar refractivity (Wildman–Crippen MR) is 69.3 cm³/mol. The van der Waals surface area contributed by atoms with Crippen LogP contribution in [-0.4, -0.2) is 11.0 Å². The Hall–Kier alpha value is -0.890. The van der Waals surface area contributed by atoms with Crippen molar-refractivity contribution in [2.75, 3.05) is 0 Å². The Balaban J connectivity index is 2.08. The van der Waals surface area contributed by atoms with Crippen LogP contribution >= 0.6 is 0 Å². The average molecular weight is 220 g/mol. The summed E-state index contributed by atoms with van der Waals surface area (Å²) in [7, 11) is 0. The summed E-state index contributed by atoms with van der Waals surface area (Å²) in [5, 5.41) is 3.55. The lowest BCUT2D eigenvalue weighted by Gasteiger charge is -2.13. The van der Waals surface area contributed by atoms with E-state index in [1.165, 1.54) is 37.7 Å². The molecule has 0 aliphatic rings. The molecule has 2 heteroatoms. The van der Waals surface area contributed by atoms with Crippen LogP contribution in [0.1, 0.15) is 51.5 Å². The summed E-state index contributed by atoms with van der Waals surface area (Å²) in [5.41, 5.74) is 1.32. The number of rotatable bonds is 8. The van der Waals surface area contributed by atoms with Gasteiger partial charge < -0.3 is 5.32 Å². The Labute approximate surface area is 99.5 Å². The highest BCUT2D eigenvalue weighted by molar-refractivity contribution is 5.09. The molecule has 16 heavy (non-hydrogen) atoms. The number of nitrogens with one attached hydrogen (secondary N) is 1. The third-order valence-corrected chi connectivity index (χ3v) is 2.89. The topological polar surface area (TPSA) is 24.9 Å². The van der Waals surface area contributed by atoms with Crippen molar-refractivity contribution in [1.29, 1.82) is 0 Å². The fourth-order valence-electron chi connectivity index (χ4n) is 1.77. The van der Waals surface area contributed by atoms with Gasteiger partial charge in [0.05, 0.1) is 0 Å². The van der Waals surface area contributed by atoms with Crippen molar-refractivity contribution in [3.63, 3.8) is 0 Å². The standard InChI is InChI=1S/C14H24N2/c1-3-4-5-6-7-13(2)16-12-14-8-10-15-11-9-14/h8-11,13,16H,3-7,12H2,1-2H3. The lowest BCUT2D eigenvalue weighted by Crippen LogP contribution is -2.25. The third-order valence-electron chi connectivity index (χ3n) is 2.89. The second-order valence-corrected chi connectivity index (χ2v) is 4.49. The minimum absolute atomic E-state index is 0.616. The molecule has 1 N–H and O–H groups in total. The first-order chi connectivity index (χ1) is 7.83. The van der Waals surface area contributed by atoms with Gasteiger partial charge in [-0.05, 0) is 31.0 Å². The number of hydrogen-bond donors (Lipinski definition) is 1. The molecule has 1 atom stereocenters. The summed E-state index contributed by atoms with van der Waals surface area (Å²) >= 11 is 0. The van der Waals surface area contributed by atoms with Gasteiger partial charge >= 0.3 is 0 Å². The maximum absolute atomic E-state index is 4.01. The van der Waals surface area contributed by atoms with Crippen LogP contribution in [0.5, 0.6) is 0 Å². The smallest absolute Gasteiger partial charge is 0.0271 e. The van der Waals surface area contributed by atoms with E-state index in [1.807, 2.05) is 12.4 Å². The fourth-order valence-corrected chi connectivity index (χ4v) is 1.77. The minimum Gasteiger partial charge on any atom is -0.310 e. The molecule has 0 saturated carbocycles. The molecule has 0 fully saturated rings. The summed E-state index contributed by atoms with van der Waals surface area (Å²) in [5.74, 6) is 0. The Bertz CT molecular complexity index is 259. The molecule has 1 aromatic heterocycles. The molecule has 0 aromatic carbocycles. The predicted octanol–water partition coefficient (Wildman–Crippen LogP) is 3.53. The van der Waals surface area contributed by atoms with Gasteiger partial charge in [0.2, 0.25) is 0 Å². The van der Waals surface area contributed by atoms with Crippen LogP contribution in [0.2, 0.25) is 0 Å². The lowest BCUT2D eigenvalue weighted by molar-refractivity contribution is 0.482. The normalized spacial score (nSPS) is 12.6. The van der Waals surface area contributed by atoms with E-state index in [2.05, 4.69) is 36.3 Å². The van der Waals surface area contributed by atoms with E-state index in [4.69, 9.17) is 0 Å². The van der Waals surface area contributed by atoms with Crippen molar-refractivity contribution in [1.82, 2.24) is 10.3 Å². The quantitative estimate of drug-likeness (QED) is 0.678. The van der Waals surface area contributed by atoms with Crippen molar-refractivity contribution in [3.8, 4) is 0 Å². The van der Waals surface area contributed by atoms with E-state index in [0.29, 0.717) is 6.04 Å². The molecule has 0 radical (unpaired) electrons. The molecule has 90 valence electrons. The van der Waals surface area contributed by atoms with Gasteiger partial charge in [0.25, 0.3) is 0 Å². The highest BCUT2D eigenvalue weighted by Crippen LogP contribution is 2.06. The van der Waals surface area contributed by atoms with E-state index in [9.17, 15) is 0 Å². The summed E-state index contributed by atoms with van der Waals surface area (Å²) in [4.78, 5) is 4.01. The zero-order valence-corrected chi connectivity index (χ0v) is 10.6. The second-order valence-electron chi connectivity index (χ2n) is 4.49. The van der Waals surface area contributed by atoms with Crippen LogP contribution in [0.15, 0.2) is 24.5 Å². The Kier molecular flexibility index (Phi) is 6.82. The van der Waals surface area contributed by atoms with E-state index < -0.39 is 0 Å². The molecule has 2 nitrogen and oxygen atoms in total. The molecule has 0 spiro atoms.